The number of amides is 1. The number of methoxy groups -OCH3 is 1. The average Bonchev–Trinajstić information content (AvgIpc) is 2.01. The lowest BCUT2D eigenvalue weighted by Crippen LogP contribution is -2.43. The summed E-state index contributed by atoms with van der Waals surface area (Å²) in [7, 11) is 1.28. The van der Waals surface area contributed by atoms with Crippen molar-refractivity contribution in [3.63, 3.8) is 0 Å². The minimum absolute atomic E-state index is 0.0548. The Balaban J connectivity index is 3.94. The zero-order chi connectivity index (χ0) is 12.1. The van der Waals surface area contributed by atoms with Gasteiger partial charge in [0.25, 0.3) is 0 Å². The molecule has 0 bridgehead atoms. The van der Waals surface area contributed by atoms with Crippen molar-refractivity contribution in [2.24, 2.45) is 5.73 Å². The van der Waals surface area contributed by atoms with Crippen molar-refractivity contribution in [3.05, 3.63) is 0 Å². The second kappa shape index (κ2) is 5.67. The van der Waals surface area contributed by atoms with Gasteiger partial charge in [0.1, 0.15) is 0 Å². The number of ether oxygens (including phenoxy) is 1. The molecule has 0 saturated heterocycles. The predicted molar refractivity (Wildman–Crippen MR) is 54.3 cm³/mol. The van der Waals surface area contributed by atoms with E-state index in [4.69, 9.17) is 10.8 Å². The lowest BCUT2D eigenvalue weighted by Gasteiger charge is -2.18. The molecule has 4 N–H and O–H groups in total. The van der Waals surface area contributed by atoms with E-state index < -0.39 is 17.6 Å². The van der Waals surface area contributed by atoms with Gasteiger partial charge in [0.15, 0.2) is 6.10 Å². The number of nitrogens with two attached hydrogens (primary N) is 1. The van der Waals surface area contributed by atoms with Gasteiger partial charge in [-0.25, -0.2) is 4.79 Å². The van der Waals surface area contributed by atoms with Gasteiger partial charge in [0.2, 0.25) is 5.91 Å². The molecule has 0 aromatic heterocycles. The van der Waals surface area contributed by atoms with Crippen LogP contribution < -0.4 is 11.1 Å². The molecule has 0 aliphatic rings. The summed E-state index contributed by atoms with van der Waals surface area (Å²) < 4.78 is 4.65. The summed E-state index contributed by atoms with van der Waals surface area (Å²) in [5.74, 6) is -1.39. The lowest BCUT2D eigenvalue weighted by molar-refractivity contribution is -0.148. The molecule has 0 radical (unpaired) electrons. The number of carboxylic acid groups (broad SMARTS) is 1. The van der Waals surface area contributed by atoms with Gasteiger partial charge in [-0.15, -0.1) is 0 Å². The van der Waals surface area contributed by atoms with E-state index in [2.05, 4.69) is 10.1 Å². The number of carbonyl (C=O) groups excluding carboxylic acids is 1. The second-order valence-electron chi connectivity index (χ2n) is 4.03. The van der Waals surface area contributed by atoms with Crippen LogP contribution in [-0.4, -0.2) is 42.3 Å². The van der Waals surface area contributed by atoms with Gasteiger partial charge < -0.3 is 20.9 Å². The maximum Gasteiger partial charge on any atom is 0.334 e. The van der Waals surface area contributed by atoms with Crippen molar-refractivity contribution in [1.29, 1.82) is 0 Å². The Morgan fingerprint density at radius 3 is 2.40 bits per heavy atom. The van der Waals surface area contributed by atoms with Crippen LogP contribution in [0.15, 0.2) is 0 Å². The molecule has 0 aromatic rings. The minimum atomic E-state index is -1.11. The number of rotatable bonds is 6. The Morgan fingerprint density at radius 2 is 2.07 bits per heavy atom. The summed E-state index contributed by atoms with van der Waals surface area (Å²) in [6.07, 6.45) is -0.877. The Bertz CT molecular complexity index is 235. The van der Waals surface area contributed by atoms with Crippen molar-refractivity contribution in [2.75, 3.05) is 13.7 Å². The van der Waals surface area contributed by atoms with Crippen LogP contribution in [0.3, 0.4) is 0 Å². The fraction of sp³-hybridized carbons (Fsp3) is 0.778. The van der Waals surface area contributed by atoms with Crippen LogP contribution in [-0.2, 0) is 14.3 Å². The first-order valence-corrected chi connectivity index (χ1v) is 4.57. The molecule has 1 amide bonds. The van der Waals surface area contributed by atoms with Crippen LogP contribution in [0.4, 0.5) is 0 Å². The maximum absolute atomic E-state index is 11.3. The molecule has 0 saturated carbocycles. The molecule has 0 heterocycles. The second-order valence-corrected chi connectivity index (χ2v) is 4.03. The van der Waals surface area contributed by atoms with Crippen molar-refractivity contribution in [3.8, 4) is 0 Å². The SMILES string of the molecule is COC(CNC(=O)CC(C)(C)N)C(=O)O. The van der Waals surface area contributed by atoms with Gasteiger partial charge in [0, 0.05) is 19.1 Å². The van der Waals surface area contributed by atoms with E-state index in [1.165, 1.54) is 7.11 Å². The summed E-state index contributed by atoms with van der Waals surface area (Å²) in [4.78, 5) is 21.8. The number of nitrogens with one attached hydrogen (secondary N) is 1. The molecule has 6 heteroatoms. The molecule has 0 rings (SSSR count). The third kappa shape index (κ3) is 6.87. The smallest absolute Gasteiger partial charge is 0.334 e. The number of carbonyl (C=O) groups is 2. The Labute approximate surface area is 88.8 Å². The minimum Gasteiger partial charge on any atom is -0.479 e. The van der Waals surface area contributed by atoms with Crippen LogP contribution in [0.1, 0.15) is 20.3 Å². The van der Waals surface area contributed by atoms with E-state index in [9.17, 15) is 9.59 Å². The third-order valence-corrected chi connectivity index (χ3v) is 1.66. The molecule has 0 spiro atoms. The van der Waals surface area contributed by atoms with E-state index in [1.54, 1.807) is 13.8 Å². The summed E-state index contributed by atoms with van der Waals surface area (Å²) >= 11 is 0. The van der Waals surface area contributed by atoms with Gasteiger partial charge >= 0.3 is 5.97 Å². The highest BCUT2D eigenvalue weighted by Crippen LogP contribution is 2.02. The first-order valence-electron chi connectivity index (χ1n) is 4.57. The highest BCUT2D eigenvalue weighted by Gasteiger charge is 2.20. The number of carboxylic acids is 1. The average molecular weight is 218 g/mol. The van der Waals surface area contributed by atoms with Crippen LogP contribution in [0.25, 0.3) is 0 Å². The molecule has 0 aliphatic carbocycles. The van der Waals surface area contributed by atoms with Gasteiger partial charge in [-0.2, -0.15) is 0 Å². The molecular formula is C9H18N2O4. The van der Waals surface area contributed by atoms with E-state index in [-0.39, 0.29) is 18.9 Å². The fourth-order valence-corrected chi connectivity index (χ4v) is 0.954. The molecule has 0 aromatic carbocycles. The molecule has 0 aliphatic heterocycles. The summed E-state index contributed by atoms with van der Waals surface area (Å²) in [5, 5.41) is 11.1. The van der Waals surface area contributed by atoms with Crippen molar-refractivity contribution in [1.82, 2.24) is 5.32 Å². The fourth-order valence-electron chi connectivity index (χ4n) is 0.954. The zero-order valence-corrected chi connectivity index (χ0v) is 9.24. The summed E-state index contributed by atoms with van der Waals surface area (Å²) in [6.45, 7) is 3.38. The molecular weight excluding hydrogens is 200 g/mol. The maximum atomic E-state index is 11.3. The van der Waals surface area contributed by atoms with Gasteiger partial charge in [-0.1, -0.05) is 0 Å². The van der Waals surface area contributed by atoms with Crippen LogP contribution >= 0.6 is 0 Å². The third-order valence-electron chi connectivity index (χ3n) is 1.66. The summed E-state index contributed by atoms with van der Waals surface area (Å²) in [6, 6.07) is 0. The Morgan fingerprint density at radius 1 is 1.53 bits per heavy atom. The van der Waals surface area contributed by atoms with E-state index in [0.717, 1.165) is 0 Å². The Kier molecular flexibility index (Phi) is 5.24. The normalized spacial score (nSPS) is 13.3. The lowest BCUT2D eigenvalue weighted by atomic mass is 10.0. The Hall–Kier alpha value is -1.14. The van der Waals surface area contributed by atoms with Crippen molar-refractivity contribution >= 4 is 11.9 Å². The van der Waals surface area contributed by atoms with Crippen LogP contribution in [0.2, 0.25) is 0 Å². The summed E-state index contributed by atoms with van der Waals surface area (Å²) in [5.41, 5.74) is 5.03. The van der Waals surface area contributed by atoms with Gasteiger partial charge in [0.05, 0.1) is 6.54 Å². The molecule has 0 fully saturated rings. The van der Waals surface area contributed by atoms with Crippen molar-refractivity contribution in [2.45, 2.75) is 31.9 Å². The van der Waals surface area contributed by atoms with Crippen LogP contribution in [0, 0.1) is 0 Å². The van der Waals surface area contributed by atoms with E-state index >= 15 is 0 Å². The topological polar surface area (TPSA) is 102 Å². The van der Waals surface area contributed by atoms with Gasteiger partial charge in [-0.3, -0.25) is 4.79 Å². The first-order chi connectivity index (χ1) is 6.76. The van der Waals surface area contributed by atoms with E-state index in [0.29, 0.717) is 0 Å². The molecule has 1 unspecified atom stereocenters. The van der Waals surface area contributed by atoms with E-state index in [1.807, 2.05) is 0 Å². The quantitative estimate of drug-likeness (QED) is 0.548. The van der Waals surface area contributed by atoms with Crippen LogP contribution in [0.5, 0.6) is 0 Å². The molecule has 15 heavy (non-hydrogen) atoms. The monoisotopic (exact) mass is 218 g/mol. The number of aliphatic carboxylic acids is 1. The van der Waals surface area contributed by atoms with Crippen molar-refractivity contribution < 1.29 is 19.4 Å². The first kappa shape index (κ1) is 13.9. The molecule has 6 nitrogen and oxygen atoms in total. The highest BCUT2D eigenvalue weighted by atomic mass is 16.5. The molecule has 88 valence electrons. The standard InChI is InChI=1S/C9H18N2O4/c1-9(2,10)4-7(12)11-5-6(15-3)8(13)14/h6H,4-5,10H2,1-3H3,(H,11,12)(H,13,14). The zero-order valence-electron chi connectivity index (χ0n) is 9.24. The predicted octanol–water partition coefficient (Wildman–Crippen LogP) is -0.670. The molecule has 1 atom stereocenters. The number of hydrogen-bond donors (Lipinski definition) is 3. The number of hydrogen-bond acceptors (Lipinski definition) is 4. The largest absolute Gasteiger partial charge is 0.479 e. The van der Waals surface area contributed by atoms with Gasteiger partial charge in [-0.05, 0) is 13.8 Å². The highest BCUT2D eigenvalue weighted by molar-refractivity contribution is 5.78.